The Morgan fingerprint density at radius 3 is 2.63 bits per heavy atom. The minimum Gasteiger partial charge on any atom is -0.370 e. The van der Waals surface area contributed by atoms with Crippen molar-refractivity contribution < 1.29 is 9.59 Å². The predicted molar refractivity (Wildman–Crippen MR) is 106 cm³/mol. The smallest absolute Gasteiger partial charge is 0.247 e. The molecule has 0 spiro atoms. The van der Waals surface area contributed by atoms with Gasteiger partial charge in [0.15, 0.2) is 0 Å². The Morgan fingerprint density at radius 1 is 1.19 bits per heavy atom. The van der Waals surface area contributed by atoms with Crippen LogP contribution in [-0.2, 0) is 9.59 Å². The zero-order valence-corrected chi connectivity index (χ0v) is 16.0. The maximum Gasteiger partial charge on any atom is 0.247 e. The zero-order valence-electron chi connectivity index (χ0n) is 16.0. The lowest BCUT2D eigenvalue weighted by atomic mass is 10.1. The summed E-state index contributed by atoms with van der Waals surface area (Å²) in [6.45, 7) is 3.79. The highest BCUT2D eigenvalue weighted by Gasteiger charge is 2.22. The summed E-state index contributed by atoms with van der Waals surface area (Å²) in [6.07, 6.45) is 6.97. The molecule has 1 aromatic heterocycles. The SMILES string of the molecule is CC(C(=O)N(C)CC(=O)Nc1ccccc1N1CCCCC1)n1cccn1. The number of benzene rings is 1. The highest BCUT2D eigenvalue weighted by atomic mass is 16.2. The number of carbonyl (C=O) groups is 2. The van der Waals surface area contributed by atoms with Crippen molar-refractivity contribution in [1.29, 1.82) is 0 Å². The highest BCUT2D eigenvalue weighted by molar-refractivity contribution is 5.97. The second-order valence-electron chi connectivity index (χ2n) is 6.97. The number of hydrogen-bond donors (Lipinski definition) is 1. The van der Waals surface area contributed by atoms with E-state index in [0.29, 0.717) is 0 Å². The molecule has 1 fully saturated rings. The first-order valence-electron chi connectivity index (χ1n) is 9.44. The van der Waals surface area contributed by atoms with E-state index in [1.54, 1.807) is 37.1 Å². The molecule has 2 amide bonds. The number of piperidine rings is 1. The van der Waals surface area contributed by atoms with E-state index < -0.39 is 6.04 Å². The van der Waals surface area contributed by atoms with Crippen LogP contribution in [0.4, 0.5) is 11.4 Å². The van der Waals surface area contributed by atoms with Crippen molar-refractivity contribution in [3.8, 4) is 0 Å². The van der Waals surface area contributed by atoms with Crippen LogP contribution in [0.3, 0.4) is 0 Å². The van der Waals surface area contributed by atoms with Crippen molar-refractivity contribution in [1.82, 2.24) is 14.7 Å². The molecule has 2 heterocycles. The van der Waals surface area contributed by atoms with E-state index in [4.69, 9.17) is 0 Å². The van der Waals surface area contributed by atoms with Crippen LogP contribution in [-0.4, -0.2) is 53.2 Å². The summed E-state index contributed by atoms with van der Waals surface area (Å²) in [6, 6.07) is 9.18. The Bertz CT molecular complexity index is 768. The standard InChI is InChI=1S/C20H27N5O2/c1-16(25-14-8-11-21-25)20(27)23(2)15-19(26)22-17-9-4-5-10-18(17)24-12-6-3-7-13-24/h4-5,8-11,14,16H,3,6-7,12-13,15H2,1-2H3,(H,22,26). The predicted octanol–water partition coefficient (Wildman–Crippen LogP) is 2.53. The molecular formula is C20H27N5O2. The first-order valence-corrected chi connectivity index (χ1v) is 9.44. The summed E-state index contributed by atoms with van der Waals surface area (Å²) in [7, 11) is 1.64. The summed E-state index contributed by atoms with van der Waals surface area (Å²) in [5, 5.41) is 7.06. The third-order valence-corrected chi connectivity index (χ3v) is 4.91. The molecule has 0 bridgehead atoms. The number of amides is 2. The molecule has 0 radical (unpaired) electrons. The van der Waals surface area contributed by atoms with Gasteiger partial charge in [-0.2, -0.15) is 5.10 Å². The van der Waals surface area contributed by atoms with Crippen molar-refractivity contribution in [2.24, 2.45) is 0 Å². The molecule has 1 unspecified atom stereocenters. The lowest BCUT2D eigenvalue weighted by Gasteiger charge is -2.30. The second-order valence-corrected chi connectivity index (χ2v) is 6.97. The quantitative estimate of drug-likeness (QED) is 0.849. The summed E-state index contributed by atoms with van der Waals surface area (Å²) >= 11 is 0. The van der Waals surface area contributed by atoms with E-state index in [9.17, 15) is 9.59 Å². The van der Waals surface area contributed by atoms with E-state index in [1.807, 2.05) is 24.3 Å². The number of rotatable bonds is 6. The second kappa shape index (κ2) is 8.70. The number of likely N-dealkylation sites (N-methyl/N-ethyl adjacent to an activating group) is 1. The molecule has 3 rings (SSSR count). The van der Waals surface area contributed by atoms with Crippen LogP contribution in [0.15, 0.2) is 42.7 Å². The molecule has 7 nitrogen and oxygen atoms in total. The average Bonchev–Trinajstić information content (AvgIpc) is 3.22. The lowest BCUT2D eigenvalue weighted by molar-refractivity contribution is -0.136. The molecule has 0 saturated carbocycles. The van der Waals surface area contributed by atoms with Gasteiger partial charge in [0, 0.05) is 32.5 Å². The fourth-order valence-corrected chi connectivity index (χ4v) is 3.41. The minimum absolute atomic E-state index is 0.00121. The maximum atomic E-state index is 12.5. The summed E-state index contributed by atoms with van der Waals surface area (Å²) in [5.41, 5.74) is 1.84. The number of anilines is 2. The third kappa shape index (κ3) is 4.67. The Kier molecular flexibility index (Phi) is 6.11. The van der Waals surface area contributed by atoms with Gasteiger partial charge in [-0.15, -0.1) is 0 Å². The van der Waals surface area contributed by atoms with Crippen LogP contribution in [0.1, 0.15) is 32.2 Å². The summed E-state index contributed by atoms with van der Waals surface area (Å²) in [4.78, 5) is 28.8. The molecule has 1 aliphatic heterocycles. The van der Waals surface area contributed by atoms with Crippen molar-refractivity contribution in [2.45, 2.75) is 32.2 Å². The molecule has 144 valence electrons. The van der Waals surface area contributed by atoms with Crippen molar-refractivity contribution in [2.75, 3.05) is 36.9 Å². The van der Waals surface area contributed by atoms with Gasteiger partial charge in [0.1, 0.15) is 6.04 Å². The van der Waals surface area contributed by atoms with Crippen LogP contribution in [0.5, 0.6) is 0 Å². The molecule has 1 atom stereocenters. The Morgan fingerprint density at radius 2 is 1.93 bits per heavy atom. The molecular weight excluding hydrogens is 342 g/mol. The van der Waals surface area contributed by atoms with Gasteiger partial charge in [-0.25, -0.2) is 0 Å². The monoisotopic (exact) mass is 369 g/mol. The van der Waals surface area contributed by atoms with Crippen LogP contribution in [0.2, 0.25) is 0 Å². The minimum atomic E-state index is -0.446. The van der Waals surface area contributed by atoms with E-state index >= 15 is 0 Å². The number of hydrogen-bond acceptors (Lipinski definition) is 4. The number of carbonyl (C=O) groups excluding carboxylic acids is 2. The van der Waals surface area contributed by atoms with E-state index in [2.05, 4.69) is 15.3 Å². The molecule has 1 saturated heterocycles. The Labute approximate surface area is 159 Å². The topological polar surface area (TPSA) is 70.5 Å². The van der Waals surface area contributed by atoms with Crippen LogP contribution < -0.4 is 10.2 Å². The van der Waals surface area contributed by atoms with Gasteiger partial charge in [-0.05, 0) is 44.4 Å². The van der Waals surface area contributed by atoms with Crippen molar-refractivity contribution in [3.63, 3.8) is 0 Å². The fourth-order valence-electron chi connectivity index (χ4n) is 3.41. The molecule has 1 aliphatic rings. The van der Waals surface area contributed by atoms with Gasteiger partial charge in [-0.1, -0.05) is 12.1 Å². The fraction of sp³-hybridized carbons (Fsp3) is 0.450. The van der Waals surface area contributed by atoms with E-state index in [0.717, 1.165) is 24.5 Å². The lowest BCUT2D eigenvalue weighted by Crippen LogP contribution is -2.39. The van der Waals surface area contributed by atoms with Crippen molar-refractivity contribution >= 4 is 23.2 Å². The van der Waals surface area contributed by atoms with Crippen LogP contribution in [0.25, 0.3) is 0 Å². The molecule has 2 aromatic rings. The Balaban J connectivity index is 1.61. The summed E-state index contributed by atoms with van der Waals surface area (Å²) in [5.74, 6) is -0.360. The van der Waals surface area contributed by atoms with Gasteiger partial charge >= 0.3 is 0 Å². The number of aromatic nitrogens is 2. The molecule has 7 heteroatoms. The number of nitrogens with one attached hydrogen (secondary N) is 1. The van der Waals surface area contributed by atoms with Gasteiger partial charge < -0.3 is 15.1 Å². The van der Waals surface area contributed by atoms with Crippen LogP contribution in [0, 0.1) is 0 Å². The Hall–Kier alpha value is -2.83. The zero-order chi connectivity index (χ0) is 19.2. The van der Waals surface area contributed by atoms with E-state index in [-0.39, 0.29) is 18.4 Å². The largest absolute Gasteiger partial charge is 0.370 e. The summed E-state index contributed by atoms with van der Waals surface area (Å²) < 4.78 is 1.59. The third-order valence-electron chi connectivity index (χ3n) is 4.91. The van der Waals surface area contributed by atoms with E-state index in [1.165, 1.54) is 24.2 Å². The molecule has 27 heavy (non-hydrogen) atoms. The average molecular weight is 369 g/mol. The van der Waals surface area contributed by atoms with Gasteiger partial charge in [0.25, 0.3) is 0 Å². The first-order chi connectivity index (χ1) is 13.1. The molecule has 1 aromatic carbocycles. The van der Waals surface area contributed by atoms with Crippen LogP contribution >= 0.6 is 0 Å². The first kappa shape index (κ1) is 18.9. The highest BCUT2D eigenvalue weighted by Crippen LogP contribution is 2.28. The van der Waals surface area contributed by atoms with Gasteiger partial charge in [0.2, 0.25) is 11.8 Å². The van der Waals surface area contributed by atoms with Crippen molar-refractivity contribution in [3.05, 3.63) is 42.7 Å². The van der Waals surface area contributed by atoms with Gasteiger partial charge in [-0.3, -0.25) is 14.3 Å². The maximum absolute atomic E-state index is 12.5. The number of para-hydroxylation sites is 2. The normalized spacial score (nSPS) is 15.3. The number of nitrogens with zero attached hydrogens (tertiary/aromatic N) is 4. The molecule has 1 N–H and O–H groups in total. The molecule has 0 aliphatic carbocycles. The van der Waals surface area contributed by atoms with Gasteiger partial charge in [0.05, 0.1) is 17.9 Å².